The van der Waals surface area contributed by atoms with Crippen molar-refractivity contribution in [3.05, 3.63) is 35.4 Å². The Balaban J connectivity index is 1.85. The van der Waals surface area contributed by atoms with Gasteiger partial charge in [-0.25, -0.2) is 0 Å². The Morgan fingerprint density at radius 2 is 2.00 bits per heavy atom. The molecule has 1 atom stereocenters. The molecule has 0 bridgehead atoms. The number of aryl methyl sites for hydroxylation is 1. The molecule has 0 radical (unpaired) electrons. The molecule has 0 aromatic heterocycles. The molecule has 1 aromatic rings. The number of hydrogen-bond acceptors (Lipinski definition) is 3. The van der Waals surface area contributed by atoms with E-state index >= 15 is 0 Å². The number of ether oxygens (including phenoxy) is 2. The standard InChI is InChI=1S/C18H29NO2/c1-14-6-5-7-15(12-14)17(13-19-16-8-9-16)20-10-11-21-18(2,3)4/h5-7,12,16-17,19H,8-11,13H2,1-4H3. The van der Waals surface area contributed by atoms with Gasteiger partial charge in [0, 0.05) is 12.6 Å². The fourth-order valence-electron chi connectivity index (χ4n) is 2.24. The first-order valence-electron chi connectivity index (χ1n) is 7.99. The third-order valence-electron chi connectivity index (χ3n) is 3.52. The molecule has 118 valence electrons. The van der Waals surface area contributed by atoms with Crippen LogP contribution in [0.25, 0.3) is 0 Å². The van der Waals surface area contributed by atoms with Gasteiger partial charge in [-0.05, 0) is 46.1 Å². The zero-order valence-corrected chi connectivity index (χ0v) is 13.8. The molecule has 2 rings (SSSR count). The second kappa shape index (κ2) is 7.39. The number of rotatable bonds is 8. The van der Waals surface area contributed by atoms with Gasteiger partial charge in [-0.15, -0.1) is 0 Å². The Bertz CT molecular complexity index is 435. The largest absolute Gasteiger partial charge is 0.373 e. The molecule has 0 aliphatic heterocycles. The van der Waals surface area contributed by atoms with Crippen LogP contribution in [0.2, 0.25) is 0 Å². The minimum atomic E-state index is -0.103. The molecule has 0 heterocycles. The minimum Gasteiger partial charge on any atom is -0.373 e. The SMILES string of the molecule is Cc1cccc(C(CNC2CC2)OCCOC(C)(C)C)c1. The quantitative estimate of drug-likeness (QED) is 0.742. The van der Waals surface area contributed by atoms with Crippen molar-refractivity contribution in [2.75, 3.05) is 19.8 Å². The predicted octanol–water partition coefficient (Wildman–Crippen LogP) is 3.62. The Morgan fingerprint density at radius 3 is 2.62 bits per heavy atom. The van der Waals surface area contributed by atoms with Gasteiger partial charge in [0.05, 0.1) is 24.9 Å². The van der Waals surface area contributed by atoms with Gasteiger partial charge in [0.15, 0.2) is 0 Å². The second-order valence-corrected chi connectivity index (χ2v) is 6.92. The Hall–Kier alpha value is -0.900. The van der Waals surface area contributed by atoms with Crippen molar-refractivity contribution in [1.29, 1.82) is 0 Å². The van der Waals surface area contributed by atoms with Crippen molar-refractivity contribution in [3.63, 3.8) is 0 Å². The first-order chi connectivity index (χ1) is 9.94. The molecule has 3 heteroatoms. The molecule has 21 heavy (non-hydrogen) atoms. The lowest BCUT2D eigenvalue weighted by atomic mass is 10.1. The molecule has 0 spiro atoms. The highest BCUT2D eigenvalue weighted by Gasteiger charge is 2.23. The average Bonchev–Trinajstić information content (AvgIpc) is 3.20. The molecule has 1 fully saturated rings. The van der Waals surface area contributed by atoms with E-state index in [1.807, 2.05) is 0 Å². The Morgan fingerprint density at radius 1 is 1.24 bits per heavy atom. The first kappa shape index (κ1) is 16.5. The van der Waals surface area contributed by atoms with Gasteiger partial charge < -0.3 is 14.8 Å². The number of nitrogens with one attached hydrogen (secondary N) is 1. The summed E-state index contributed by atoms with van der Waals surface area (Å²) >= 11 is 0. The molecule has 0 saturated heterocycles. The smallest absolute Gasteiger partial charge is 0.0950 e. The van der Waals surface area contributed by atoms with Gasteiger partial charge in [0.2, 0.25) is 0 Å². The molecule has 0 amide bonds. The maximum atomic E-state index is 6.07. The third-order valence-corrected chi connectivity index (χ3v) is 3.52. The van der Waals surface area contributed by atoms with E-state index in [1.165, 1.54) is 24.0 Å². The molecule has 1 saturated carbocycles. The van der Waals surface area contributed by atoms with Gasteiger partial charge in [-0.3, -0.25) is 0 Å². The summed E-state index contributed by atoms with van der Waals surface area (Å²) in [6.45, 7) is 10.5. The minimum absolute atomic E-state index is 0.103. The lowest BCUT2D eigenvalue weighted by Crippen LogP contribution is -2.27. The first-order valence-corrected chi connectivity index (χ1v) is 7.99. The summed E-state index contributed by atoms with van der Waals surface area (Å²) in [4.78, 5) is 0. The summed E-state index contributed by atoms with van der Waals surface area (Å²) < 4.78 is 11.8. The molecule has 1 N–H and O–H groups in total. The third kappa shape index (κ3) is 6.60. The maximum absolute atomic E-state index is 6.07. The predicted molar refractivity (Wildman–Crippen MR) is 86.6 cm³/mol. The van der Waals surface area contributed by atoms with Crippen molar-refractivity contribution in [1.82, 2.24) is 5.32 Å². The summed E-state index contributed by atoms with van der Waals surface area (Å²) in [6, 6.07) is 9.29. The summed E-state index contributed by atoms with van der Waals surface area (Å²) in [6.07, 6.45) is 2.70. The Labute approximate surface area is 129 Å². The monoisotopic (exact) mass is 291 g/mol. The van der Waals surface area contributed by atoms with E-state index < -0.39 is 0 Å². The van der Waals surface area contributed by atoms with Gasteiger partial charge in [0.1, 0.15) is 0 Å². The van der Waals surface area contributed by atoms with Crippen LogP contribution in [0.1, 0.15) is 50.8 Å². The van der Waals surface area contributed by atoms with Crippen LogP contribution in [0.15, 0.2) is 24.3 Å². The highest BCUT2D eigenvalue weighted by Crippen LogP contribution is 2.22. The van der Waals surface area contributed by atoms with Crippen LogP contribution in [-0.2, 0) is 9.47 Å². The van der Waals surface area contributed by atoms with E-state index in [1.54, 1.807) is 0 Å². The van der Waals surface area contributed by atoms with Crippen LogP contribution in [0, 0.1) is 6.92 Å². The van der Waals surface area contributed by atoms with Crippen molar-refractivity contribution in [2.45, 2.75) is 58.3 Å². The number of hydrogen-bond donors (Lipinski definition) is 1. The summed E-state index contributed by atoms with van der Waals surface area (Å²) in [7, 11) is 0. The van der Waals surface area contributed by atoms with E-state index in [2.05, 4.69) is 57.3 Å². The van der Waals surface area contributed by atoms with Gasteiger partial charge in [-0.2, -0.15) is 0 Å². The van der Waals surface area contributed by atoms with E-state index in [4.69, 9.17) is 9.47 Å². The molecule has 3 nitrogen and oxygen atoms in total. The van der Waals surface area contributed by atoms with Crippen molar-refractivity contribution in [3.8, 4) is 0 Å². The van der Waals surface area contributed by atoms with Crippen molar-refractivity contribution < 1.29 is 9.47 Å². The van der Waals surface area contributed by atoms with E-state index in [-0.39, 0.29) is 11.7 Å². The topological polar surface area (TPSA) is 30.5 Å². The van der Waals surface area contributed by atoms with Crippen LogP contribution in [0.3, 0.4) is 0 Å². The van der Waals surface area contributed by atoms with Gasteiger partial charge in [0.25, 0.3) is 0 Å². The molecular weight excluding hydrogens is 262 g/mol. The van der Waals surface area contributed by atoms with E-state index in [0.717, 1.165) is 6.54 Å². The zero-order valence-electron chi connectivity index (χ0n) is 13.8. The number of benzene rings is 1. The fourth-order valence-corrected chi connectivity index (χ4v) is 2.24. The van der Waals surface area contributed by atoms with Gasteiger partial charge >= 0.3 is 0 Å². The fraction of sp³-hybridized carbons (Fsp3) is 0.667. The lowest BCUT2D eigenvalue weighted by Gasteiger charge is -2.22. The second-order valence-electron chi connectivity index (χ2n) is 6.92. The maximum Gasteiger partial charge on any atom is 0.0950 e. The van der Waals surface area contributed by atoms with Crippen LogP contribution in [0.4, 0.5) is 0 Å². The van der Waals surface area contributed by atoms with Crippen molar-refractivity contribution in [2.24, 2.45) is 0 Å². The van der Waals surface area contributed by atoms with Gasteiger partial charge in [-0.1, -0.05) is 29.8 Å². The highest BCUT2D eigenvalue weighted by atomic mass is 16.5. The highest BCUT2D eigenvalue weighted by molar-refractivity contribution is 5.24. The normalized spacial score (nSPS) is 17.0. The Kier molecular flexibility index (Phi) is 5.80. The molecule has 1 aromatic carbocycles. The zero-order chi connectivity index (χ0) is 15.3. The van der Waals surface area contributed by atoms with E-state index in [0.29, 0.717) is 19.3 Å². The van der Waals surface area contributed by atoms with Crippen LogP contribution >= 0.6 is 0 Å². The summed E-state index contributed by atoms with van der Waals surface area (Å²) in [5.74, 6) is 0. The van der Waals surface area contributed by atoms with Crippen LogP contribution in [-0.4, -0.2) is 31.4 Å². The summed E-state index contributed by atoms with van der Waals surface area (Å²) in [5, 5.41) is 3.57. The van der Waals surface area contributed by atoms with Crippen LogP contribution in [0.5, 0.6) is 0 Å². The van der Waals surface area contributed by atoms with Crippen molar-refractivity contribution >= 4 is 0 Å². The lowest BCUT2D eigenvalue weighted by molar-refractivity contribution is -0.0519. The van der Waals surface area contributed by atoms with Crippen LogP contribution < -0.4 is 5.32 Å². The molecule has 1 aliphatic rings. The molecular formula is C18H29NO2. The molecule has 1 unspecified atom stereocenters. The average molecular weight is 291 g/mol. The molecule has 1 aliphatic carbocycles. The van der Waals surface area contributed by atoms with E-state index in [9.17, 15) is 0 Å². The summed E-state index contributed by atoms with van der Waals surface area (Å²) in [5.41, 5.74) is 2.42.